The number of carbonyl (C=O) groups is 5. The molecule has 0 aliphatic heterocycles. The minimum absolute atomic E-state index is 0.0430. The number of fused-ring (bicyclic) bond motifs is 1. The number of hydrogen-bond acceptors (Lipinski definition) is 6. The highest BCUT2D eigenvalue weighted by Gasteiger charge is 2.32. The average Bonchev–Trinajstić information content (AvgIpc) is 2.90. The van der Waals surface area contributed by atoms with Crippen molar-refractivity contribution in [3.05, 3.63) is 83.9 Å². The summed E-state index contributed by atoms with van der Waals surface area (Å²) in [6.45, 7) is -1.70. The van der Waals surface area contributed by atoms with Crippen LogP contribution in [0.4, 0.5) is 9.18 Å². The van der Waals surface area contributed by atoms with Gasteiger partial charge in [0.15, 0.2) is 6.67 Å². The monoisotopic (exact) mass is 508 g/mol. The number of aliphatic carboxylic acids is 1. The van der Waals surface area contributed by atoms with E-state index in [4.69, 9.17) is 9.84 Å². The Morgan fingerprint density at radius 2 is 1.51 bits per heavy atom. The Balaban J connectivity index is 1.83. The first-order chi connectivity index (χ1) is 17.8. The molecule has 3 N–H and O–H groups in total. The van der Waals surface area contributed by atoms with Crippen molar-refractivity contribution in [2.75, 3.05) is 6.67 Å². The molecule has 0 heterocycles. The summed E-state index contributed by atoms with van der Waals surface area (Å²) in [5.74, 6) is -5.26. The number of carboxylic acid groups (broad SMARTS) is 1. The molecule has 0 aliphatic carbocycles. The van der Waals surface area contributed by atoms with Crippen molar-refractivity contribution in [1.29, 1.82) is 0 Å². The van der Waals surface area contributed by atoms with Crippen LogP contribution in [0.3, 0.4) is 0 Å². The van der Waals surface area contributed by atoms with E-state index in [1.165, 1.54) is 0 Å². The molecule has 0 saturated carbocycles. The molecule has 3 rings (SSSR count). The van der Waals surface area contributed by atoms with Crippen molar-refractivity contribution >= 4 is 40.3 Å². The summed E-state index contributed by atoms with van der Waals surface area (Å²) in [7, 11) is 0. The van der Waals surface area contributed by atoms with Crippen LogP contribution in [0.2, 0.25) is 0 Å². The molecular formula is C27H25FN2O7. The highest BCUT2D eigenvalue weighted by molar-refractivity contribution is 6.40. The first kappa shape index (κ1) is 27.0. The Morgan fingerprint density at radius 3 is 2.22 bits per heavy atom. The van der Waals surface area contributed by atoms with Gasteiger partial charge in [-0.1, -0.05) is 72.8 Å². The lowest BCUT2D eigenvalue weighted by Gasteiger charge is -2.22. The molecule has 0 aromatic heterocycles. The van der Waals surface area contributed by atoms with Crippen molar-refractivity contribution in [1.82, 2.24) is 10.6 Å². The molecule has 3 aromatic carbocycles. The van der Waals surface area contributed by atoms with Gasteiger partial charge in [-0.25, -0.2) is 9.18 Å². The third kappa shape index (κ3) is 7.69. The molecule has 2 unspecified atom stereocenters. The number of ether oxygens (including phenoxy) is 1. The van der Waals surface area contributed by atoms with Gasteiger partial charge in [-0.05, 0) is 21.9 Å². The van der Waals surface area contributed by atoms with Crippen LogP contribution in [0.1, 0.15) is 17.5 Å². The lowest BCUT2D eigenvalue weighted by atomic mass is 9.97. The van der Waals surface area contributed by atoms with E-state index in [1.54, 1.807) is 42.5 Å². The van der Waals surface area contributed by atoms with Gasteiger partial charge in [0.1, 0.15) is 18.7 Å². The zero-order valence-corrected chi connectivity index (χ0v) is 19.7. The maximum atomic E-state index is 13.2. The van der Waals surface area contributed by atoms with E-state index < -0.39 is 54.7 Å². The molecule has 37 heavy (non-hydrogen) atoms. The second-order valence-electron chi connectivity index (χ2n) is 8.18. The molecule has 3 aromatic rings. The van der Waals surface area contributed by atoms with Crippen LogP contribution in [-0.4, -0.2) is 53.4 Å². The second-order valence-corrected chi connectivity index (χ2v) is 8.18. The lowest BCUT2D eigenvalue weighted by molar-refractivity contribution is -0.143. The van der Waals surface area contributed by atoms with E-state index in [1.807, 2.05) is 30.3 Å². The molecule has 0 saturated heterocycles. The number of benzene rings is 3. The number of carboxylic acids is 1. The summed E-state index contributed by atoms with van der Waals surface area (Å²) in [5.41, 5.74) is 1.40. The second kappa shape index (κ2) is 12.9. The topological polar surface area (TPSA) is 139 Å². The maximum absolute atomic E-state index is 13.2. The Labute approximate surface area is 211 Å². The molecule has 2 amide bonds. The molecule has 0 spiro atoms. The summed E-state index contributed by atoms with van der Waals surface area (Å²) < 4.78 is 18.0. The number of nitrogens with one attached hydrogen (secondary N) is 2. The molecule has 2 atom stereocenters. The van der Waals surface area contributed by atoms with Gasteiger partial charge < -0.3 is 20.5 Å². The fraction of sp³-hybridized carbons (Fsp3) is 0.222. The van der Waals surface area contributed by atoms with Crippen LogP contribution in [0.5, 0.6) is 0 Å². The SMILES string of the molecule is O=C(O)CC(NC(=O)C(Cc1cccc2ccccc12)NC(=O)OCc1ccccc1)C(=O)C(=O)CF. The first-order valence-corrected chi connectivity index (χ1v) is 11.4. The van der Waals surface area contributed by atoms with E-state index in [0.29, 0.717) is 11.1 Å². The zero-order chi connectivity index (χ0) is 26.8. The summed E-state index contributed by atoms with van der Waals surface area (Å²) in [6, 6.07) is 18.5. The van der Waals surface area contributed by atoms with Gasteiger partial charge in [0, 0.05) is 6.42 Å². The molecule has 0 fully saturated rings. The predicted octanol–water partition coefficient (Wildman–Crippen LogP) is 2.74. The van der Waals surface area contributed by atoms with E-state index in [0.717, 1.165) is 10.8 Å². The van der Waals surface area contributed by atoms with Crippen LogP contribution in [0, 0.1) is 0 Å². The number of alkyl halides is 1. The van der Waals surface area contributed by atoms with Gasteiger partial charge in [-0.15, -0.1) is 0 Å². The molecule has 9 nitrogen and oxygen atoms in total. The predicted molar refractivity (Wildman–Crippen MR) is 131 cm³/mol. The van der Waals surface area contributed by atoms with E-state index in [2.05, 4.69) is 10.6 Å². The highest BCUT2D eigenvalue weighted by atomic mass is 19.1. The Hall–Kier alpha value is -4.60. The number of amides is 2. The molecule has 0 radical (unpaired) electrons. The summed E-state index contributed by atoms with van der Waals surface area (Å²) >= 11 is 0. The average molecular weight is 509 g/mol. The van der Waals surface area contributed by atoms with E-state index >= 15 is 0 Å². The Kier molecular flexibility index (Phi) is 9.42. The number of ketones is 2. The van der Waals surface area contributed by atoms with Crippen molar-refractivity contribution < 1.29 is 38.2 Å². The van der Waals surface area contributed by atoms with Gasteiger partial charge in [0.2, 0.25) is 17.5 Å². The molecule has 192 valence electrons. The fourth-order valence-electron chi connectivity index (χ4n) is 3.72. The number of rotatable bonds is 12. The van der Waals surface area contributed by atoms with Gasteiger partial charge in [-0.2, -0.15) is 0 Å². The Morgan fingerprint density at radius 1 is 0.838 bits per heavy atom. The Bertz CT molecular complexity index is 1290. The summed E-state index contributed by atoms with van der Waals surface area (Å²) in [6.07, 6.45) is -1.90. The third-order valence-corrected chi connectivity index (χ3v) is 5.53. The van der Waals surface area contributed by atoms with Gasteiger partial charge in [0.05, 0.1) is 6.42 Å². The number of carbonyl (C=O) groups excluding carboxylic acids is 4. The van der Waals surface area contributed by atoms with E-state index in [9.17, 15) is 28.4 Å². The summed E-state index contributed by atoms with van der Waals surface area (Å²) in [4.78, 5) is 60.7. The van der Waals surface area contributed by atoms with Crippen LogP contribution in [0.25, 0.3) is 10.8 Å². The van der Waals surface area contributed by atoms with Crippen LogP contribution in [0.15, 0.2) is 72.8 Å². The normalized spacial score (nSPS) is 12.2. The fourth-order valence-corrected chi connectivity index (χ4v) is 3.72. The number of alkyl carbamates (subject to hydrolysis) is 1. The largest absolute Gasteiger partial charge is 0.481 e. The minimum atomic E-state index is -1.80. The van der Waals surface area contributed by atoms with E-state index in [-0.39, 0.29) is 13.0 Å². The first-order valence-electron chi connectivity index (χ1n) is 11.4. The van der Waals surface area contributed by atoms with Gasteiger partial charge in [0.25, 0.3) is 0 Å². The van der Waals surface area contributed by atoms with Crippen LogP contribution < -0.4 is 10.6 Å². The van der Waals surface area contributed by atoms with Gasteiger partial charge >= 0.3 is 12.1 Å². The van der Waals surface area contributed by atoms with Crippen molar-refractivity contribution in [2.45, 2.75) is 31.5 Å². The van der Waals surface area contributed by atoms with Crippen molar-refractivity contribution in [2.24, 2.45) is 0 Å². The quantitative estimate of drug-likeness (QED) is 0.320. The number of Topliss-reactive ketones (excluding diaryl/α,β-unsaturated/α-hetero) is 2. The maximum Gasteiger partial charge on any atom is 0.408 e. The molecular weight excluding hydrogens is 483 g/mol. The standard InChI is InChI=1S/C27H25FN2O7/c28-15-23(31)25(34)21(14-24(32)33)29-26(35)22(30-27(36)37-16-17-7-2-1-3-8-17)13-19-11-6-10-18-9-4-5-12-20(18)19/h1-12,21-22H,13-16H2,(H,29,35)(H,30,36)(H,32,33). The zero-order valence-electron chi connectivity index (χ0n) is 19.7. The smallest absolute Gasteiger partial charge is 0.408 e. The van der Waals surface area contributed by atoms with Crippen LogP contribution >= 0.6 is 0 Å². The molecule has 10 heteroatoms. The number of hydrogen-bond donors (Lipinski definition) is 3. The third-order valence-electron chi connectivity index (χ3n) is 5.53. The van der Waals surface area contributed by atoms with Crippen molar-refractivity contribution in [3.8, 4) is 0 Å². The molecule has 0 aliphatic rings. The summed E-state index contributed by atoms with van der Waals surface area (Å²) in [5, 5.41) is 15.5. The minimum Gasteiger partial charge on any atom is -0.481 e. The van der Waals surface area contributed by atoms with Crippen molar-refractivity contribution in [3.63, 3.8) is 0 Å². The number of halogens is 1. The lowest BCUT2D eigenvalue weighted by Crippen LogP contribution is -2.54. The van der Waals surface area contributed by atoms with Gasteiger partial charge in [-0.3, -0.25) is 19.2 Å². The molecule has 0 bridgehead atoms. The highest BCUT2D eigenvalue weighted by Crippen LogP contribution is 2.20. The van der Waals surface area contributed by atoms with Crippen LogP contribution in [-0.2, 0) is 36.9 Å².